The summed E-state index contributed by atoms with van der Waals surface area (Å²) in [7, 11) is 0. The van der Waals surface area contributed by atoms with Crippen LogP contribution in [0.15, 0.2) is 71.9 Å². The Morgan fingerprint density at radius 2 is 2.00 bits per heavy atom. The number of nitrogens with zero attached hydrogens (tertiary/aromatic N) is 2. The lowest BCUT2D eigenvalue weighted by atomic mass is 9.96. The number of aryl methyl sites for hydroxylation is 1. The first-order valence-corrected chi connectivity index (χ1v) is 8.56. The predicted octanol–water partition coefficient (Wildman–Crippen LogP) is 3.07. The molecule has 0 saturated heterocycles. The Balaban J connectivity index is 1.62. The van der Waals surface area contributed by atoms with Crippen molar-refractivity contribution in [2.45, 2.75) is 25.9 Å². The second kappa shape index (κ2) is 8.80. The second-order valence-corrected chi connectivity index (χ2v) is 6.09. The monoisotopic (exact) mass is 351 g/mol. The minimum Gasteiger partial charge on any atom is -0.461 e. The van der Waals surface area contributed by atoms with Crippen LogP contribution >= 0.6 is 0 Å². The van der Waals surface area contributed by atoms with Crippen LogP contribution in [0.25, 0.3) is 0 Å². The minimum absolute atomic E-state index is 0.114. The number of imidazole rings is 1. The number of rotatable bonds is 9. The van der Waals surface area contributed by atoms with Gasteiger partial charge in [-0.3, -0.25) is 9.59 Å². The molecule has 1 amide bonds. The Hall–Kier alpha value is -3.15. The standard InChI is InChI=1S/C20H21N3O3/c24-18(19-7-4-12-26-19)13-17(8-10-23-11-9-21-15-23)20(25)22-14-16-5-2-1-3-6-16/h1-7,9,11-12,15,17H,8,10,13-14H2,(H,22,25)/t17-/m1/s1. The van der Waals surface area contributed by atoms with Crippen LogP contribution in [-0.4, -0.2) is 21.2 Å². The Morgan fingerprint density at radius 1 is 1.15 bits per heavy atom. The van der Waals surface area contributed by atoms with Gasteiger partial charge < -0.3 is 14.3 Å². The van der Waals surface area contributed by atoms with E-state index in [0.717, 1.165) is 5.56 Å². The molecule has 0 aliphatic heterocycles. The normalized spacial score (nSPS) is 11.8. The molecule has 134 valence electrons. The van der Waals surface area contributed by atoms with Crippen molar-refractivity contribution < 1.29 is 14.0 Å². The van der Waals surface area contributed by atoms with Crippen LogP contribution in [0, 0.1) is 5.92 Å². The topological polar surface area (TPSA) is 77.1 Å². The third-order valence-electron chi connectivity index (χ3n) is 4.20. The van der Waals surface area contributed by atoms with Gasteiger partial charge in [0.05, 0.1) is 12.6 Å². The molecule has 0 aliphatic carbocycles. The third-order valence-corrected chi connectivity index (χ3v) is 4.20. The fraction of sp³-hybridized carbons (Fsp3) is 0.250. The number of aromatic nitrogens is 2. The highest BCUT2D eigenvalue weighted by atomic mass is 16.3. The molecule has 0 saturated carbocycles. The largest absolute Gasteiger partial charge is 0.461 e. The molecule has 0 fully saturated rings. The number of ketones is 1. The number of furan rings is 1. The number of benzene rings is 1. The van der Waals surface area contributed by atoms with E-state index in [-0.39, 0.29) is 23.9 Å². The van der Waals surface area contributed by atoms with E-state index >= 15 is 0 Å². The van der Waals surface area contributed by atoms with Crippen molar-refractivity contribution in [3.05, 3.63) is 78.8 Å². The van der Waals surface area contributed by atoms with E-state index < -0.39 is 5.92 Å². The molecular formula is C20H21N3O3. The minimum atomic E-state index is -0.432. The molecular weight excluding hydrogens is 330 g/mol. The van der Waals surface area contributed by atoms with Gasteiger partial charge in [-0.2, -0.15) is 0 Å². The number of Topliss-reactive ketones (excluding diaryl/α,β-unsaturated/α-hetero) is 1. The van der Waals surface area contributed by atoms with Crippen LogP contribution in [0.4, 0.5) is 0 Å². The number of hydrogen-bond donors (Lipinski definition) is 1. The fourth-order valence-corrected chi connectivity index (χ4v) is 2.74. The van der Waals surface area contributed by atoms with Crippen LogP contribution in [0.5, 0.6) is 0 Å². The summed E-state index contributed by atoms with van der Waals surface area (Å²) in [4.78, 5) is 29.0. The van der Waals surface area contributed by atoms with Gasteiger partial charge in [-0.05, 0) is 24.1 Å². The Bertz CT molecular complexity index is 811. The Kier molecular flexibility index (Phi) is 5.98. The molecule has 0 aliphatic rings. The fourth-order valence-electron chi connectivity index (χ4n) is 2.74. The zero-order valence-electron chi connectivity index (χ0n) is 14.4. The molecule has 3 rings (SSSR count). The summed E-state index contributed by atoms with van der Waals surface area (Å²) in [6.45, 7) is 1.06. The highest BCUT2D eigenvalue weighted by Crippen LogP contribution is 2.16. The van der Waals surface area contributed by atoms with E-state index in [1.807, 2.05) is 41.1 Å². The molecule has 0 spiro atoms. The van der Waals surface area contributed by atoms with Gasteiger partial charge in [-0.1, -0.05) is 30.3 Å². The number of carbonyl (C=O) groups is 2. The first-order chi connectivity index (χ1) is 12.7. The predicted molar refractivity (Wildman–Crippen MR) is 96.3 cm³/mol. The van der Waals surface area contributed by atoms with E-state index in [1.54, 1.807) is 24.7 Å². The lowest BCUT2D eigenvalue weighted by molar-refractivity contribution is -0.125. The highest BCUT2D eigenvalue weighted by Gasteiger charge is 2.23. The van der Waals surface area contributed by atoms with Crippen LogP contribution in [0.1, 0.15) is 29.0 Å². The maximum atomic E-state index is 12.7. The van der Waals surface area contributed by atoms with Crippen molar-refractivity contribution in [3.8, 4) is 0 Å². The third kappa shape index (κ3) is 4.92. The van der Waals surface area contributed by atoms with E-state index in [4.69, 9.17) is 4.42 Å². The molecule has 0 radical (unpaired) electrons. The average molecular weight is 351 g/mol. The maximum Gasteiger partial charge on any atom is 0.223 e. The van der Waals surface area contributed by atoms with Gasteiger partial charge in [0, 0.05) is 37.8 Å². The molecule has 26 heavy (non-hydrogen) atoms. The highest BCUT2D eigenvalue weighted by molar-refractivity contribution is 5.96. The van der Waals surface area contributed by atoms with E-state index in [1.165, 1.54) is 6.26 Å². The van der Waals surface area contributed by atoms with Crippen molar-refractivity contribution in [1.82, 2.24) is 14.9 Å². The van der Waals surface area contributed by atoms with Crippen LogP contribution in [-0.2, 0) is 17.9 Å². The lowest BCUT2D eigenvalue weighted by Crippen LogP contribution is -2.32. The molecule has 3 aromatic rings. The van der Waals surface area contributed by atoms with Gasteiger partial charge >= 0.3 is 0 Å². The molecule has 1 N–H and O–H groups in total. The second-order valence-electron chi connectivity index (χ2n) is 6.09. The summed E-state index contributed by atoms with van der Waals surface area (Å²) in [5.41, 5.74) is 1.02. The first-order valence-electron chi connectivity index (χ1n) is 8.56. The number of nitrogens with one attached hydrogen (secondary N) is 1. The zero-order valence-corrected chi connectivity index (χ0v) is 14.4. The van der Waals surface area contributed by atoms with Gasteiger partial charge in [0.1, 0.15) is 0 Å². The van der Waals surface area contributed by atoms with Gasteiger partial charge in [0.2, 0.25) is 5.91 Å². The summed E-state index contributed by atoms with van der Waals surface area (Å²) in [5.74, 6) is -0.443. The molecule has 2 aromatic heterocycles. The summed E-state index contributed by atoms with van der Waals surface area (Å²) < 4.78 is 7.06. The molecule has 2 heterocycles. The molecule has 6 nitrogen and oxygen atoms in total. The zero-order chi connectivity index (χ0) is 18.2. The van der Waals surface area contributed by atoms with Gasteiger partial charge in [0.15, 0.2) is 11.5 Å². The lowest BCUT2D eigenvalue weighted by Gasteiger charge is -2.16. The molecule has 1 aromatic carbocycles. The van der Waals surface area contributed by atoms with Gasteiger partial charge in [-0.15, -0.1) is 0 Å². The molecule has 1 atom stereocenters. The summed E-state index contributed by atoms with van der Waals surface area (Å²) in [6, 6.07) is 13.0. The van der Waals surface area contributed by atoms with Crippen LogP contribution in [0.2, 0.25) is 0 Å². The number of hydrogen-bond acceptors (Lipinski definition) is 4. The molecule has 6 heteroatoms. The van der Waals surface area contributed by atoms with Gasteiger partial charge in [-0.25, -0.2) is 4.98 Å². The van der Waals surface area contributed by atoms with Crippen molar-refractivity contribution >= 4 is 11.7 Å². The molecule has 0 unspecified atom stereocenters. The average Bonchev–Trinajstić information content (AvgIpc) is 3.37. The maximum absolute atomic E-state index is 12.7. The van der Waals surface area contributed by atoms with Crippen molar-refractivity contribution in [2.75, 3.05) is 0 Å². The first kappa shape index (κ1) is 17.7. The Labute approximate surface area is 151 Å². The van der Waals surface area contributed by atoms with Crippen molar-refractivity contribution in [2.24, 2.45) is 5.92 Å². The van der Waals surface area contributed by atoms with E-state index in [2.05, 4.69) is 10.3 Å². The smallest absolute Gasteiger partial charge is 0.223 e. The van der Waals surface area contributed by atoms with Crippen LogP contribution < -0.4 is 5.32 Å². The van der Waals surface area contributed by atoms with Crippen molar-refractivity contribution in [3.63, 3.8) is 0 Å². The Morgan fingerprint density at radius 3 is 2.69 bits per heavy atom. The van der Waals surface area contributed by atoms with Crippen molar-refractivity contribution in [1.29, 1.82) is 0 Å². The SMILES string of the molecule is O=C(C[C@@H](CCn1ccnc1)C(=O)NCc1ccccc1)c1ccco1. The summed E-state index contributed by atoms with van der Waals surface area (Å²) in [5, 5.41) is 2.93. The summed E-state index contributed by atoms with van der Waals surface area (Å²) >= 11 is 0. The number of amides is 1. The quantitative estimate of drug-likeness (QED) is 0.601. The van der Waals surface area contributed by atoms with E-state index in [0.29, 0.717) is 19.5 Å². The van der Waals surface area contributed by atoms with Gasteiger partial charge in [0.25, 0.3) is 0 Å². The summed E-state index contributed by atoms with van der Waals surface area (Å²) in [6.07, 6.45) is 7.36. The number of carbonyl (C=O) groups excluding carboxylic acids is 2. The van der Waals surface area contributed by atoms with E-state index in [9.17, 15) is 9.59 Å². The molecule has 0 bridgehead atoms. The van der Waals surface area contributed by atoms with Crippen LogP contribution in [0.3, 0.4) is 0 Å².